The minimum Gasteiger partial charge on any atom is -0.451 e. The van der Waals surface area contributed by atoms with Crippen LogP contribution in [0.25, 0.3) is 11.0 Å². The molecule has 0 radical (unpaired) electrons. The van der Waals surface area contributed by atoms with E-state index in [0.29, 0.717) is 25.4 Å². The second-order valence-corrected chi connectivity index (χ2v) is 7.45. The van der Waals surface area contributed by atoms with Crippen LogP contribution < -0.4 is 0 Å². The van der Waals surface area contributed by atoms with Crippen molar-refractivity contribution in [1.29, 1.82) is 0 Å². The van der Waals surface area contributed by atoms with E-state index in [2.05, 4.69) is 11.8 Å². The van der Waals surface area contributed by atoms with E-state index in [4.69, 9.17) is 4.42 Å². The maximum absolute atomic E-state index is 13.1. The van der Waals surface area contributed by atoms with Gasteiger partial charge in [-0.3, -0.25) is 4.79 Å². The summed E-state index contributed by atoms with van der Waals surface area (Å²) < 4.78 is 5.95. The number of fused-ring (bicyclic) bond motifs is 1. The molecule has 1 N–H and O–H groups in total. The number of benzene rings is 1. The van der Waals surface area contributed by atoms with Crippen LogP contribution >= 0.6 is 0 Å². The number of piperidine rings is 1. The summed E-state index contributed by atoms with van der Waals surface area (Å²) in [7, 11) is 3.99. The number of carbonyl (C=O) groups is 1. The topological polar surface area (TPSA) is 56.9 Å². The van der Waals surface area contributed by atoms with Crippen LogP contribution in [0.5, 0.6) is 0 Å². The maximum atomic E-state index is 13.1. The number of aliphatic hydroxyl groups excluding tert-OH is 1. The molecule has 1 aliphatic heterocycles. The van der Waals surface area contributed by atoms with Crippen LogP contribution in [0.3, 0.4) is 0 Å². The number of amides is 1. The van der Waals surface area contributed by atoms with E-state index < -0.39 is 0 Å². The highest BCUT2D eigenvalue weighted by atomic mass is 16.3. The summed E-state index contributed by atoms with van der Waals surface area (Å²) in [6, 6.07) is 7.83. The highest BCUT2D eigenvalue weighted by Crippen LogP contribution is 2.35. The Morgan fingerprint density at radius 1 is 1.28 bits per heavy atom. The van der Waals surface area contributed by atoms with Gasteiger partial charge in [0.1, 0.15) is 5.58 Å². The Labute approximate surface area is 149 Å². The Morgan fingerprint density at radius 3 is 2.56 bits per heavy atom. The fraction of sp³-hybridized carbons (Fsp3) is 0.550. The Bertz CT molecular complexity index is 736. The van der Waals surface area contributed by atoms with Gasteiger partial charge in [-0.25, -0.2) is 0 Å². The predicted molar refractivity (Wildman–Crippen MR) is 98.6 cm³/mol. The normalized spacial score (nSPS) is 17.4. The van der Waals surface area contributed by atoms with Gasteiger partial charge in [-0.1, -0.05) is 25.1 Å². The van der Waals surface area contributed by atoms with Crippen molar-refractivity contribution in [1.82, 2.24) is 9.80 Å². The first kappa shape index (κ1) is 18.0. The molecule has 5 nitrogen and oxygen atoms in total. The van der Waals surface area contributed by atoms with E-state index in [0.717, 1.165) is 35.8 Å². The van der Waals surface area contributed by atoms with Crippen LogP contribution in [-0.2, 0) is 6.54 Å². The van der Waals surface area contributed by atoms with Crippen molar-refractivity contribution in [2.75, 3.05) is 33.8 Å². The molecule has 1 fully saturated rings. The Morgan fingerprint density at radius 2 is 1.96 bits per heavy atom. The van der Waals surface area contributed by atoms with Crippen molar-refractivity contribution >= 4 is 16.9 Å². The molecule has 1 aromatic heterocycles. The van der Waals surface area contributed by atoms with Gasteiger partial charge in [0.2, 0.25) is 0 Å². The monoisotopic (exact) mass is 344 g/mol. The molecule has 0 atom stereocenters. The Balaban J connectivity index is 1.87. The van der Waals surface area contributed by atoms with E-state index in [1.54, 1.807) is 0 Å². The van der Waals surface area contributed by atoms with Crippen LogP contribution in [0.4, 0.5) is 0 Å². The van der Waals surface area contributed by atoms with Crippen LogP contribution in [-0.4, -0.2) is 54.6 Å². The van der Waals surface area contributed by atoms with Crippen LogP contribution in [0, 0.1) is 5.41 Å². The second-order valence-electron chi connectivity index (χ2n) is 7.45. The van der Waals surface area contributed by atoms with Crippen molar-refractivity contribution in [3.63, 3.8) is 0 Å². The lowest BCUT2D eigenvalue weighted by Crippen LogP contribution is -2.44. The van der Waals surface area contributed by atoms with E-state index in [9.17, 15) is 9.90 Å². The smallest absolute Gasteiger partial charge is 0.289 e. The molecule has 1 amide bonds. The van der Waals surface area contributed by atoms with Crippen LogP contribution in [0.15, 0.2) is 28.7 Å². The zero-order chi connectivity index (χ0) is 18.0. The molecule has 3 rings (SSSR count). The zero-order valence-corrected chi connectivity index (χ0v) is 15.4. The van der Waals surface area contributed by atoms with E-state index in [1.807, 2.05) is 43.3 Å². The number of aliphatic hydroxyl groups is 1. The predicted octanol–water partition coefficient (Wildman–Crippen LogP) is 3.12. The molecule has 0 aliphatic carbocycles. The molecular formula is C20H28N2O3. The van der Waals surface area contributed by atoms with Gasteiger partial charge in [0.05, 0.1) is 0 Å². The van der Waals surface area contributed by atoms with Crippen molar-refractivity contribution < 1.29 is 14.3 Å². The quantitative estimate of drug-likeness (QED) is 0.905. The molecule has 5 heteroatoms. The van der Waals surface area contributed by atoms with Crippen molar-refractivity contribution in [2.24, 2.45) is 5.41 Å². The number of hydrogen-bond acceptors (Lipinski definition) is 4. The average Bonchev–Trinajstić information content (AvgIpc) is 2.99. The summed E-state index contributed by atoms with van der Waals surface area (Å²) in [4.78, 5) is 17.0. The molecule has 1 aromatic carbocycles. The maximum Gasteiger partial charge on any atom is 0.289 e. The SMILES string of the molecule is CCC1(CO)CCN(C(=O)c2oc3ccccc3c2CN(C)C)CC1. The third kappa shape index (κ3) is 3.44. The zero-order valence-electron chi connectivity index (χ0n) is 15.4. The lowest BCUT2D eigenvalue weighted by molar-refractivity contribution is 0.0320. The third-order valence-corrected chi connectivity index (χ3v) is 5.56. The van der Waals surface area contributed by atoms with Gasteiger partial charge in [0, 0.05) is 37.2 Å². The number of likely N-dealkylation sites (tertiary alicyclic amines) is 1. The van der Waals surface area contributed by atoms with E-state index in [-0.39, 0.29) is 17.9 Å². The first-order chi connectivity index (χ1) is 12.0. The number of nitrogens with zero attached hydrogens (tertiary/aromatic N) is 2. The molecule has 0 bridgehead atoms. The molecule has 25 heavy (non-hydrogen) atoms. The molecule has 0 spiro atoms. The van der Waals surface area contributed by atoms with Crippen molar-refractivity contribution in [3.8, 4) is 0 Å². The van der Waals surface area contributed by atoms with Crippen molar-refractivity contribution in [3.05, 3.63) is 35.6 Å². The number of carbonyl (C=O) groups excluding carboxylic acids is 1. The van der Waals surface area contributed by atoms with Crippen LogP contribution in [0.1, 0.15) is 42.3 Å². The average molecular weight is 344 g/mol. The summed E-state index contributed by atoms with van der Waals surface area (Å²) in [5, 5.41) is 10.7. The number of rotatable bonds is 5. The molecule has 1 aliphatic rings. The minimum atomic E-state index is -0.0318. The van der Waals surface area contributed by atoms with Gasteiger partial charge in [0.25, 0.3) is 5.91 Å². The van der Waals surface area contributed by atoms with E-state index in [1.165, 1.54) is 0 Å². The molecule has 2 aromatic rings. The Hall–Kier alpha value is -1.85. The van der Waals surface area contributed by atoms with Gasteiger partial charge in [-0.15, -0.1) is 0 Å². The van der Waals surface area contributed by atoms with Crippen LogP contribution in [0.2, 0.25) is 0 Å². The molecule has 2 heterocycles. The highest BCUT2D eigenvalue weighted by Gasteiger charge is 2.35. The third-order valence-electron chi connectivity index (χ3n) is 5.56. The fourth-order valence-corrected chi connectivity index (χ4v) is 3.70. The minimum absolute atomic E-state index is 0.0306. The van der Waals surface area contributed by atoms with Gasteiger partial charge in [0.15, 0.2) is 5.76 Å². The van der Waals surface area contributed by atoms with Gasteiger partial charge in [-0.05, 0) is 44.8 Å². The molecule has 1 saturated heterocycles. The van der Waals surface area contributed by atoms with Crippen molar-refractivity contribution in [2.45, 2.75) is 32.7 Å². The number of furan rings is 1. The first-order valence-corrected chi connectivity index (χ1v) is 9.05. The molecular weight excluding hydrogens is 316 g/mol. The summed E-state index contributed by atoms with van der Waals surface area (Å²) in [5.41, 5.74) is 1.69. The summed E-state index contributed by atoms with van der Waals surface area (Å²) in [6.45, 7) is 4.32. The van der Waals surface area contributed by atoms with Gasteiger partial charge < -0.3 is 19.3 Å². The summed E-state index contributed by atoms with van der Waals surface area (Å²) >= 11 is 0. The molecule has 0 saturated carbocycles. The number of hydrogen-bond donors (Lipinski definition) is 1. The van der Waals surface area contributed by atoms with Gasteiger partial charge >= 0.3 is 0 Å². The largest absolute Gasteiger partial charge is 0.451 e. The van der Waals surface area contributed by atoms with E-state index >= 15 is 0 Å². The fourth-order valence-electron chi connectivity index (χ4n) is 3.70. The lowest BCUT2D eigenvalue weighted by atomic mass is 9.77. The lowest BCUT2D eigenvalue weighted by Gasteiger charge is -2.40. The first-order valence-electron chi connectivity index (χ1n) is 9.05. The van der Waals surface area contributed by atoms with Gasteiger partial charge in [-0.2, -0.15) is 0 Å². The molecule has 0 unspecified atom stereocenters. The highest BCUT2D eigenvalue weighted by molar-refractivity contribution is 5.99. The Kier molecular flexibility index (Phi) is 5.16. The second kappa shape index (κ2) is 7.18. The summed E-state index contributed by atoms with van der Waals surface area (Å²) in [5.74, 6) is 0.429. The summed E-state index contributed by atoms with van der Waals surface area (Å²) in [6.07, 6.45) is 2.63. The standard InChI is InChI=1S/C20H28N2O3/c1-4-20(14-23)9-11-22(12-10-20)19(24)18-16(13-21(2)3)15-7-5-6-8-17(15)25-18/h5-8,23H,4,9-14H2,1-3H3. The molecule has 136 valence electrons. The number of para-hydroxylation sites is 1.